The van der Waals surface area contributed by atoms with Gasteiger partial charge in [-0.15, -0.1) is 0 Å². The molecule has 3 heterocycles. The number of nitrogens with zero attached hydrogens (tertiary/aromatic N) is 3. The highest BCUT2D eigenvalue weighted by molar-refractivity contribution is 5.78. The van der Waals surface area contributed by atoms with Crippen molar-refractivity contribution in [2.75, 3.05) is 0 Å². The maximum Gasteiger partial charge on any atom is 0.419 e. The van der Waals surface area contributed by atoms with Crippen LogP contribution < -0.4 is 5.76 Å². The highest BCUT2D eigenvalue weighted by Gasteiger charge is 2.11. The Bertz CT molecular complexity index is 1110. The summed E-state index contributed by atoms with van der Waals surface area (Å²) < 4.78 is 17.2. The lowest BCUT2D eigenvalue weighted by Crippen LogP contribution is -2.08. The molecule has 7 nitrogen and oxygen atoms in total. The second-order valence-corrected chi connectivity index (χ2v) is 5.35. The summed E-state index contributed by atoms with van der Waals surface area (Å²) in [4.78, 5) is 15.8. The van der Waals surface area contributed by atoms with Gasteiger partial charge in [-0.3, -0.25) is 4.57 Å². The van der Waals surface area contributed by atoms with E-state index in [1.54, 1.807) is 31.3 Å². The Labute approximate surface area is 135 Å². The quantitative estimate of drug-likeness (QED) is 0.575. The number of rotatable bonds is 3. The third-order valence-electron chi connectivity index (χ3n) is 3.64. The molecule has 4 aromatic rings. The number of furan rings is 1. The number of aryl methyl sites for hydroxylation is 2. The van der Waals surface area contributed by atoms with Gasteiger partial charge in [0.2, 0.25) is 5.82 Å². The second-order valence-electron chi connectivity index (χ2n) is 5.35. The molecule has 7 heteroatoms. The van der Waals surface area contributed by atoms with Crippen LogP contribution in [0.25, 0.3) is 34.6 Å². The van der Waals surface area contributed by atoms with Crippen molar-refractivity contribution in [3.05, 3.63) is 58.3 Å². The molecule has 4 rings (SSSR count). The van der Waals surface area contributed by atoms with Gasteiger partial charge in [-0.2, -0.15) is 4.98 Å². The first-order valence-electron chi connectivity index (χ1n) is 7.28. The van der Waals surface area contributed by atoms with Crippen molar-refractivity contribution in [3.8, 4) is 11.4 Å². The van der Waals surface area contributed by atoms with Crippen LogP contribution in [0.3, 0.4) is 0 Å². The highest BCUT2D eigenvalue weighted by Crippen LogP contribution is 2.22. The summed E-state index contributed by atoms with van der Waals surface area (Å²) in [5.74, 6) is 1.90. The second kappa shape index (κ2) is 5.38. The largest absolute Gasteiger partial charge is 0.462 e. The van der Waals surface area contributed by atoms with E-state index in [2.05, 4.69) is 10.1 Å². The Morgan fingerprint density at radius 2 is 2.00 bits per heavy atom. The number of oxazole rings is 1. The van der Waals surface area contributed by atoms with Gasteiger partial charge < -0.3 is 13.4 Å². The van der Waals surface area contributed by atoms with Gasteiger partial charge >= 0.3 is 5.76 Å². The van der Waals surface area contributed by atoms with E-state index >= 15 is 0 Å². The molecule has 24 heavy (non-hydrogen) atoms. The van der Waals surface area contributed by atoms with Gasteiger partial charge in [0.1, 0.15) is 11.5 Å². The molecule has 1 aromatic carbocycles. The standard InChI is InChI=1S/C17H13N3O4/c1-10-3-5-12(22-10)6-8-15-18-16(19-24-15)11-4-7-13-14(9-11)23-17(21)20(13)2/h3-9H,1-2H3/b8-6+. The number of hydrogen-bond donors (Lipinski definition) is 0. The van der Waals surface area contributed by atoms with E-state index in [4.69, 9.17) is 13.4 Å². The molecule has 0 bridgehead atoms. The maximum absolute atomic E-state index is 11.5. The molecule has 0 spiro atoms. The fraction of sp³-hybridized carbons (Fsp3) is 0.118. The van der Waals surface area contributed by atoms with Gasteiger partial charge in [-0.1, -0.05) is 5.16 Å². The summed E-state index contributed by atoms with van der Waals surface area (Å²) in [6.45, 7) is 1.88. The average molecular weight is 323 g/mol. The Balaban J connectivity index is 1.64. The van der Waals surface area contributed by atoms with Gasteiger partial charge in [0.25, 0.3) is 5.89 Å². The fourth-order valence-electron chi connectivity index (χ4n) is 2.39. The molecule has 0 unspecified atom stereocenters. The minimum atomic E-state index is -0.410. The molecule has 0 aliphatic rings. The zero-order valence-corrected chi connectivity index (χ0v) is 13.0. The first kappa shape index (κ1) is 14.3. The van der Waals surface area contributed by atoms with Crippen LogP contribution in [0, 0.1) is 6.92 Å². The number of fused-ring (bicyclic) bond motifs is 1. The van der Waals surface area contributed by atoms with E-state index in [-0.39, 0.29) is 0 Å². The average Bonchev–Trinajstić information content (AvgIpc) is 3.26. The maximum atomic E-state index is 11.5. The van der Waals surface area contributed by atoms with Crippen molar-refractivity contribution in [2.24, 2.45) is 7.05 Å². The van der Waals surface area contributed by atoms with E-state index < -0.39 is 5.76 Å². The van der Waals surface area contributed by atoms with Crippen LogP contribution in [0.4, 0.5) is 0 Å². The van der Waals surface area contributed by atoms with E-state index in [1.165, 1.54) is 4.57 Å². The Kier molecular flexibility index (Phi) is 3.19. The molecular weight excluding hydrogens is 310 g/mol. The van der Waals surface area contributed by atoms with Crippen molar-refractivity contribution >= 4 is 23.3 Å². The number of hydrogen-bond acceptors (Lipinski definition) is 6. The first-order chi connectivity index (χ1) is 11.6. The smallest absolute Gasteiger partial charge is 0.419 e. The van der Waals surface area contributed by atoms with E-state index in [1.807, 2.05) is 25.1 Å². The van der Waals surface area contributed by atoms with Gasteiger partial charge in [-0.05, 0) is 43.3 Å². The monoisotopic (exact) mass is 323 g/mol. The van der Waals surface area contributed by atoms with E-state index in [9.17, 15) is 4.79 Å². The van der Waals surface area contributed by atoms with Crippen LogP contribution in [0.15, 0.2) is 48.5 Å². The van der Waals surface area contributed by atoms with E-state index in [0.717, 1.165) is 5.76 Å². The molecule has 0 fully saturated rings. The summed E-state index contributed by atoms with van der Waals surface area (Å²) in [6, 6.07) is 9.04. The van der Waals surface area contributed by atoms with Crippen molar-refractivity contribution < 1.29 is 13.4 Å². The Morgan fingerprint density at radius 3 is 2.79 bits per heavy atom. The van der Waals surface area contributed by atoms with Crippen LogP contribution in [-0.2, 0) is 7.05 Å². The molecule has 3 aromatic heterocycles. The molecule has 0 radical (unpaired) electrons. The van der Waals surface area contributed by atoms with Crippen LogP contribution in [0.5, 0.6) is 0 Å². The predicted octanol–water partition coefficient (Wildman–Crippen LogP) is 3.25. The summed E-state index contributed by atoms with van der Waals surface area (Å²) in [5, 5.41) is 3.95. The molecule has 0 aliphatic carbocycles. The van der Waals surface area contributed by atoms with Gasteiger partial charge in [0.05, 0.1) is 5.52 Å². The summed E-state index contributed by atoms with van der Waals surface area (Å²) >= 11 is 0. The van der Waals surface area contributed by atoms with Crippen LogP contribution in [-0.4, -0.2) is 14.7 Å². The lowest BCUT2D eigenvalue weighted by Gasteiger charge is -1.94. The van der Waals surface area contributed by atoms with Gasteiger partial charge in [0, 0.05) is 18.7 Å². The molecular formula is C17H13N3O4. The third-order valence-corrected chi connectivity index (χ3v) is 3.64. The fourth-order valence-corrected chi connectivity index (χ4v) is 2.39. The predicted molar refractivity (Wildman–Crippen MR) is 87.1 cm³/mol. The molecule has 0 amide bonds. The normalized spacial score (nSPS) is 11.8. The molecule has 120 valence electrons. The molecule has 0 saturated heterocycles. The third kappa shape index (κ3) is 2.45. The van der Waals surface area contributed by atoms with Crippen molar-refractivity contribution in [2.45, 2.75) is 6.92 Å². The van der Waals surface area contributed by atoms with Crippen LogP contribution in [0.1, 0.15) is 17.4 Å². The molecule has 0 N–H and O–H groups in total. The van der Waals surface area contributed by atoms with Gasteiger partial charge in [-0.25, -0.2) is 4.79 Å². The topological polar surface area (TPSA) is 87.2 Å². The van der Waals surface area contributed by atoms with Crippen molar-refractivity contribution in [3.63, 3.8) is 0 Å². The van der Waals surface area contributed by atoms with Crippen LogP contribution in [0.2, 0.25) is 0 Å². The highest BCUT2D eigenvalue weighted by atomic mass is 16.5. The van der Waals surface area contributed by atoms with Crippen LogP contribution >= 0.6 is 0 Å². The zero-order valence-electron chi connectivity index (χ0n) is 13.0. The summed E-state index contributed by atoms with van der Waals surface area (Å²) in [7, 11) is 1.65. The van der Waals surface area contributed by atoms with E-state index in [0.29, 0.717) is 34.1 Å². The molecule has 0 saturated carbocycles. The summed E-state index contributed by atoms with van der Waals surface area (Å²) in [6.07, 6.45) is 3.43. The lowest BCUT2D eigenvalue weighted by atomic mass is 10.2. The Morgan fingerprint density at radius 1 is 1.12 bits per heavy atom. The zero-order chi connectivity index (χ0) is 16.7. The lowest BCUT2D eigenvalue weighted by molar-refractivity contribution is 0.411. The Hall–Kier alpha value is -3.35. The van der Waals surface area contributed by atoms with Crippen molar-refractivity contribution in [1.29, 1.82) is 0 Å². The molecule has 0 atom stereocenters. The first-order valence-corrected chi connectivity index (χ1v) is 7.28. The van der Waals surface area contributed by atoms with Gasteiger partial charge in [0.15, 0.2) is 5.58 Å². The minimum Gasteiger partial charge on any atom is -0.462 e. The molecule has 0 aliphatic heterocycles. The number of aromatic nitrogens is 3. The minimum absolute atomic E-state index is 0.355. The SMILES string of the molecule is Cc1ccc(/C=C/c2nc(-c3ccc4c(c3)oc(=O)n4C)no2)o1. The number of benzene rings is 1. The van der Waals surface area contributed by atoms with Crippen molar-refractivity contribution in [1.82, 2.24) is 14.7 Å². The summed E-state index contributed by atoms with van der Waals surface area (Å²) in [5.41, 5.74) is 1.89.